The smallest absolute Gasteiger partial charge is 0.280 e. The predicted molar refractivity (Wildman–Crippen MR) is 103 cm³/mol. The second kappa shape index (κ2) is 9.68. The van der Waals surface area contributed by atoms with Crippen molar-refractivity contribution in [3.8, 4) is 23.0 Å². The first-order valence-electron chi connectivity index (χ1n) is 8.03. The van der Waals surface area contributed by atoms with Crippen molar-refractivity contribution in [2.75, 3.05) is 21.3 Å². The van der Waals surface area contributed by atoms with Gasteiger partial charge in [-0.2, -0.15) is 5.10 Å². The highest BCUT2D eigenvalue weighted by molar-refractivity contribution is 6.30. The van der Waals surface area contributed by atoms with Crippen molar-refractivity contribution >= 4 is 23.7 Å². The molecule has 0 aromatic heterocycles. The Morgan fingerprint density at radius 2 is 1.67 bits per heavy atom. The van der Waals surface area contributed by atoms with Gasteiger partial charge in [-0.25, -0.2) is 5.43 Å². The van der Waals surface area contributed by atoms with Gasteiger partial charge >= 0.3 is 0 Å². The number of hydrogen-bond acceptors (Lipinski definition) is 6. The van der Waals surface area contributed by atoms with Crippen molar-refractivity contribution in [1.82, 2.24) is 5.43 Å². The second-order valence-corrected chi connectivity index (χ2v) is 5.84. The molecule has 0 radical (unpaired) electrons. The minimum Gasteiger partial charge on any atom is -0.493 e. The molecule has 0 bridgehead atoms. The van der Waals surface area contributed by atoms with Crippen LogP contribution < -0.4 is 24.4 Å². The van der Waals surface area contributed by atoms with Crippen LogP contribution in [0.1, 0.15) is 12.5 Å². The molecule has 0 aliphatic rings. The molecule has 1 amide bonds. The SMILES string of the molecule is COc1cc(/C=N/NC(=O)C(C)Oc2ccc(Cl)cc2)cc(OC)c1OC. The summed E-state index contributed by atoms with van der Waals surface area (Å²) in [7, 11) is 4.57. The third-order valence-corrected chi connectivity index (χ3v) is 3.82. The van der Waals surface area contributed by atoms with Gasteiger partial charge in [-0.05, 0) is 43.3 Å². The molecule has 27 heavy (non-hydrogen) atoms. The minimum absolute atomic E-state index is 0.395. The number of hydrazone groups is 1. The zero-order valence-electron chi connectivity index (χ0n) is 15.5. The summed E-state index contributed by atoms with van der Waals surface area (Å²) in [6.07, 6.45) is 0.737. The Balaban J connectivity index is 2.01. The lowest BCUT2D eigenvalue weighted by Crippen LogP contribution is -2.33. The maximum atomic E-state index is 12.1. The van der Waals surface area contributed by atoms with E-state index in [-0.39, 0.29) is 0 Å². The van der Waals surface area contributed by atoms with E-state index >= 15 is 0 Å². The Morgan fingerprint density at radius 1 is 1.07 bits per heavy atom. The largest absolute Gasteiger partial charge is 0.493 e. The number of halogens is 1. The normalized spacial score (nSPS) is 11.7. The fourth-order valence-corrected chi connectivity index (χ4v) is 2.33. The van der Waals surface area contributed by atoms with Crippen LogP contribution >= 0.6 is 11.6 Å². The van der Waals surface area contributed by atoms with Crippen LogP contribution in [-0.2, 0) is 4.79 Å². The molecule has 2 aromatic carbocycles. The van der Waals surface area contributed by atoms with Crippen molar-refractivity contribution in [2.24, 2.45) is 5.10 Å². The van der Waals surface area contributed by atoms with Crippen LogP contribution in [-0.4, -0.2) is 39.6 Å². The molecule has 0 saturated heterocycles. The van der Waals surface area contributed by atoms with Crippen LogP contribution in [0.5, 0.6) is 23.0 Å². The van der Waals surface area contributed by atoms with Crippen molar-refractivity contribution in [2.45, 2.75) is 13.0 Å². The van der Waals surface area contributed by atoms with E-state index in [1.165, 1.54) is 27.5 Å². The van der Waals surface area contributed by atoms with E-state index in [4.69, 9.17) is 30.5 Å². The average Bonchev–Trinajstić information content (AvgIpc) is 2.68. The van der Waals surface area contributed by atoms with Gasteiger partial charge in [0.1, 0.15) is 5.75 Å². The van der Waals surface area contributed by atoms with Crippen LogP contribution in [0.4, 0.5) is 0 Å². The lowest BCUT2D eigenvalue weighted by Gasteiger charge is -2.13. The monoisotopic (exact) mass is 392 g/mol. The Morgan fingerprint density at radius 3 is 2.19 bits per heavy atom. The fourth-order valence-electron chi connectivity index (χ4n) is 2.21. The van der Waals surface area contributed by atoms with Crippen LogP contribution in [0.15, 0.2) is 41.5 Å². The van der Waals surface area contributed by atoms with Gasteiger partial charge in [0, 0.05) is 10.6 Å². The number of rotatable bonds is 8. The lowest BCUT2D eigenvalue weighted by atomic mass is 10.2. The number of methoxy groups -OCH3 is 3. The van der Waals surface area contributed by atoms with Crippen molar-refractivity contribution in [3.05, 3.63) is 47.0 Å². The molecule has 0 saturated carbocycles. The van der Waals surface area contributed by atoms with Gasteiger partial charge in [-0.15, -0.1) is 0 Å². The first-order chi connectivity index (χ1) is 13.0. The summed E-state index contributed by atoms with van der Waals surface area (Å²) in [5.41, 5.74) is 3.10. The number of nitrogens with one attached hydrogen (secondary N) is 1. The number of benzene rings is 2. The van der Waals surface area contributed by atoms with Crippen LogP contribution in [0.2, 0.25) is 5.02 Å². The maximum absolute atomic E-state index is 12.1. The Labute approximate surface area is 162 Å². The number of hydrogen-bond donors (Lipinski definition) is 1. The fraction of sp³-hybridized carbons (Fsp3) is 0.263. The summed E-state index contributed by atoms with van der Waals surface area (Å²) in [4.78, 5) is 12.1. The summed E-state index contributed by atoms with van der Waals surface area (Å²) in [6.45, 7) is 1.62. The quantitative estimate of drug-likeness (QED) is 0.551. The van der Waals surface area contributed by atoms with Crippen LogP contribution in [0, 0.1) is 0 Å². The molecular weight excluding hydrogens is 372 g/mol. The molecule has 1 unspecified atom stereocenters. The summed E-state index contributed by atoms with van der Waals surface area (Å²) < 4.78 is 21.4. The van der Waals surface area contributed by atoms with E-state index in [1.54, 1.807) is 43.3 Å². The summed E-state index contributed by atoms with van der Waals surface area (Å²) >= 11 is 5.82. The maximum Gasteiger partial charge on any atom is 0.280 e. The first-order valence-corrected chi connectivity index (χ1v) is 8.41. The molecule has 1 N–H and O–H groups in total. The van der Waals surface area contributed by atoms with Gasteiger partial charge in [0.2, 0.25) is 5.75 Å². The zero-order chi connectivity index (χ0) is 19.8. The van der Waals surface area contributed by atoms with E-state index in [2.05, 4.69) is 10.5 Å². The third-order valence-electron chi connectivity index (χ3n) is 3.57. The number of nitrogens with zero attached hydrogens (tertiary/aromatic N) is 1. The topological polar surface area (TPSA) is 78.4 Å². The highest BCUT2D eigenvalue weighted by atomic mass is 35.5. The summed E-state index contributed by atoms with van der Waals surface area (Å²) in [5.74, 6) is 1.60. The molecule has 0 heterocycles. The van der Waals surface area contributed by atoms with E-state index in [0.29, 0.717) is 33.6 Å². The molecule has 144 valence electrons. The van der Waals surface area contributed by atoms with E-state index in [0.717, 1.165) is 0 Å². The number of carbonyl (C=O) groups excluding carboxylic acids is 1. The molecule has 2 rings (SSSR count). The first kappa shape index (κ1) is 20.4. The third kappa shape index (κ3) is 5.52. The number of ether oxygens (including phenoxy) is 4. The lowest BCUT2D eigenvalue weighted by molar-refractivity contribution is -0.127. The van der Waals surface area contributed by atoms with Gasteiger partial charge < -0.3 is 18.9 Å². The van der Waals surface area contributed by atoms with Gasteiger partial charge in [0.05, 0.1) is 27.5 Å². The Bertz CT molecular complexity index is 783. The molecule has 0 fully saturated rings. The Hall–Kier alpha value is -2.93. The Kier molecular flexibility index (Phi) is 7.31. The molecule has 1 atom stereocenters. The molecule has 0 aliphatic heterocycles. The molecule has 0 aliphatic carbocycles. The minimum atomic E-state index is -0.733. The van der Waals surface area contributed by atoms with Crippen molar-refractivity contribution in [1.29, 1.82) is 0 Å². The van der Waals surface area contributed by atoms with Crippen LogP contribution in [0.3, 0.4) is 0 Å². The van der Waals surface area contributed by atoms with Gasteiger partial charge in [-0.3, -0.25) is 4.79 Å². The highest BCUT2D eigenvalue weighted by Crippen LogP contribution is 2.37. The average molecular weight is 393 g/mol. The van der Waals surface area contributed by atoms with Crippen molar-refractivity contribution < 1.29 is 23.7 Å². The molecule has 0 spiro atoms. The molecular formula is C19H21ClN2O5. The highest BCUT2D eigenvalue weighted by Gasteiger charge is 2.15. The summed E-state index contributed by atoms with van der Waals surface area (Å²) in [6, 6.07) is 10.2. The van der Waals surface area contributed by atoms with Crippen molar-refractivity contribution in [3.63, 3.8) is 0 Å². The van der Waals surface area contributed by atoms with Gasteiger partial charge in [0.25, 0.3) is 5.91 Å². The molecule has 2 aromatic rings. The van der Waals surface area contributed by atoms with Crippen LogP contribution in [0.25, 0.3) is 0 Å². The molecule has 8 heteroatoms. The standard InChI is InChI=1S/C19H21ClN2O5/c1-12(27-15-7-5-14(20)6-8-15)19(23)22-21-11-13-9-16(24-2)18(26-4)17(10-13)25-3/h5-12H,1-4H3,(H,22,23)/b21-11+. The van der Waals surface area contributed by atoms with E-state index in [1.807, 2.05) is 0 Å². The van der Waals surface area contributed by atoms with E-state index < -0.39 is 12.0 Å². The zero-order valence-corrected chi connectivity index (χ0v) is 16.2. The second-order valence-electron chi connectivity index (χ2n) is 5.41. The van der Waals surface area contributed by atoms with Gasteiger partial charge in [-0.1, -0.05) is 11.6 Å². The number of amides is 1. The predicted octanol–water partition coefficient (Wildman–Crippen LogP) is 3.28. The number of carbonyl (C=O) groups is 1. The van der Waals surface area contributed by atoms with E-state index in [9.17, 15) is 4.79 Å². The molecule has 7 nitrogen and oxygen atoms in total. The summed E-state index contributed by atoms with van der Waals surface area (Å²) in [5, 5.41) is 4.54. The van der Waals surface area contributed by atoms with Gasteiger partial charge in [0.15, 0.2) is 17.6 Å².